The fourth-order valence-electron chi connectivity index (χ4n) is 1.90. The van der Waals surface area contributed by atoms with Gasteiger partial charge in [0.25, 0.3) is 0 Å². The Morgan fingerprint density at radius 2 is 2.31 bits per heavy atom. The van der Waals surface area contributed by atoms with Crippen molar-refractivity contribution in [2.45, 2.75) is 13.0 Å². The van der Waals surface area contributed by atoms with Crippen molar-refractivity contribution < 1.29 is 13.9 Å². The Labute approximate surface area is 94.6 Å². The topological polar surface area (TPSA) is 30.5 Å². The molecule has 3 nitrogen and oxygen atoms in total. The molecule has 0 aromatic heterocycles. The van der Waals surface area contributed by atoms with Crippen molar-refractivity contribution in [2.24, 2.45) is 0 Å². The molecule has 0 spiro atoms. The van der Waals surface area contributed by atoms with E-state index in [1.807, 2.05) is 0 Å². The number of ether oxygens (including phenoxy) is 2. The molecule has 0 saturated carbocycles. The smallest absolute Gasteiger partial charge is 0.131 e. The Morgan fingerprint density at radius 1 is 1.50 bits per heavy atom. The Kier molecular flexibility index (Phi) is 3.41. The van der Waals surface area contributed by atoms with Crippen molar-refractivity contribution in [3.05, 3.63) is 29.1 Å². The van der Waals surface area contributed by atoms with E-state index in [1.165, 1.54) is 0 Å². The van der Waals surface area contributed by atoms with E-state index < -0.39 is 0 Å². The van der Waals surface area contributed by atoms with Gasteiger partial charge >= 0.3 is 0 Å². The molecule has 0 aliphatic carbocycles. The highest BCUT2D eigenvalue weighted by Gasteiger charge is 2.20. The molecule has 1 fully saturated rings. The zero-order valence-corrected chi connectivity index (χ0v) is 9.55. The maximum absolute atomic E-state index is 14.0. The van der Waals surface area contributed by atoms with Gasteiger partial charge in [0, 0.05) is 12.1 Å². The van der Waals surface area contributed by atoms with E-state index in [2.05, 4.69) is 5.32 Å². The summed E-state index contributed by atoms with van der Waals surface area (Å²) in [5.74, 6) is 0.505. The van der Waals surface area contributed by atoms with Gasteiger partial charge in [-0.05, 0) is 24.6 Å². The fourth-order valence-corrected chi connectivity index (χ4v) is 1.90. The van der Waals surface area contributed by atoms with Gasteiger partial charge in [-0.1, -0.05) is 0 Å². The standard InChI is InChI=1S/C12H16FNO2/c1-8-5-9(15-2)6-10(12(8)13)11-7-16-4-3-14-11/h5-6,11,14H,3-4,7H2,1-2H3. The first-order chi connectivity index (χ1) is 7.72. The minimum absolute atomic E-state index is 0.0810. The Bertz CT molecular complexity index is 376. The van der Waals surface area contributed by atoms with Crippen LogP contribution >= 0.6 is 0 Å². The van der Waals surface area contributed by atoms with E-state index in [9.17, 15) is 4.39 Å². The third kappa shape index (κ3) is 2.18. The van der Waals surface area contributed by atoms with Crippen LogP contribution in [0.3, 0.4) is 0 Å². The quantitative estimate of drug-likeness (QED) is 0.832. The van der Waals surface area contributed by atoms with Crippen molar-refractivity contribution in [1.29, 1.82) is 0 Å². The third-order valence-electron chi connectivity index (χ3n) is 2.79. The van der Waals surface area contributed by atoms with Gasteiger partial charge in [-0.15, -0.1) is 0 Å². The molecule has 1 aromatic carbocycles. The Hall–Kier alpha value is -1.13. The van der Waals surface area contributed by atoms with Gasteiger partial charge in [-0.25, -0.2) is 4.39 Å². The molecule has 1 atom stereocenters. The first-order valence-electron chi connectivity index (χ1n) is 5.37. The minimum atomic E-state index is -0.177. The zero-order valence-electron chi connectivity index (χ0n) is 9.55. The van der Waals surface area contributed by atoms with Crippen molar-refractivity contribution >= 4 is 0 Å². The fraction of sp³-hybridized carbons (Fsp3) is 0.500. The molecule has 88 valence electrons. The lowest BCUT2D eigenvalue weighted by atomic mass is 10.0. The molecule has 2 rings (SSSR count). The number of aryl methyl sites for hydroxylation is 1. The van der Waals surface area contributed by atoms with Crippen molar-refractivity contribution in [3.8, 4) is 5.75 Å². The molecule has 1 heterocycles. The second kappa shape index (κ2) is 4.80. The normalized spacial score (nSPS) is 20.8. The Morgan fingerprint density at radius 3 is 2.94 bits per heavy atom. The molecule has 0 amide bonds. The van der Waals surface area contributed by atoms with E-state index in [1.54, 1.807) is 26.2 Å². The first kappa shape index (κ1) is 11.4. The highest BCUT2D eigenvalue weighted by molar-refractivity contribution is 5.37. The van der Waals surface area contributed by atoms with Crippen molar-refractivity contribution in [2.75, 3.05) is 26.9 Å². The summed E-state index contributed by atoms with van der Waals surface area (Å²) in [6, 6.07) is 3.35. The maximum Gasteiger partial charge on any atom is 0.131 e. The lowest BCUT2D eigenvalue weighted by Crippen LogP contribution is -2.35. The van der Waals surface area contributed by atoms with Crippen LogP contribution in [0.5, 0.6) is 5.75 Å². The number of hydrogen-bond donors (Lipinski definition) is 1. The van der Waals surface area contributed by atoms with Crippen LogP contribution in [0.2, 0.25) is 0 Å². The number of benzene rings is 1. The molecule has 1 unspecified atom stereocenters. The highest BCUT2D eigenvalue weighted by atomic mass is 19.1. The summed E-state index contributed by atoms with van der Waals surface area (Å²) in [4.78, 5) is 0. The highest BCUT2D eigenvalue weighted by Crippen LogP contribution is 2.26. The van der Waals surface area contributed by atoms with Crippen LogP contribution in [0, 0.1) is 12.7 Å². The van der Waals surface area contributed by atoms with Crippen molar-refractivity contribution in [1.82, 2.24) is 5.32 Å². The summed E-state index contributed by atoms with van der Waals surface area (Å²) < 4.78 is 24.4. The van der Waals surface area contributed by atoms with Crippen LogP contribution in [-0.4, -0.2) is 26.9 Å². The molecular formula is C12H16FNO2. The maximum atomic E-state index is 14.0. The van der Waals surface area contributed by atoms with Crippen LogP contribution in [0.1, 0.15) is 17.2 Å². The summed E-state index contributed by atoms with van der Waals surface area (Å²) in [5.41, 5.74) is 1.22. The van der Waals surface area contributed by atoms with E-state index >= 15 is 0 Å². The zero-order chi connectivity index (χ0) is 11.5. The molecule has 1 aromatic rings. The van der Waals surface area contributed by atoms with Gasteiger partial charge in [0.05, 0.1) is 26.4 Å². The average Bonchev–Trinajstić information content (AvgIpc) is 2.33. The first-order valence-corrected chi connectivity index (χ1v) is 5.37. The number of hydrogen-bond acceptors (Lipinski definition) is 3. The Balaban J connectivity index is 2.33. The van der Waals surface area contributed by atoms with Crippen LogP contribution in [0.25, 0.3) is 0 Å². The summed E-state index contributed by atoms with van der Waals surface area (Å²) in [7, 11) is 1.58. The van der Waals surface area contributed by atoms with Gasteiger partial charge in [0.2, 0.25) is 0 Å². The minimum Gasteiger partial charge on any atom is -0.497 e. The molecule has 0 bridgehead atoms. The number of halogens is 1. The van der Waals surface area contributed by atoms with Crippen LogP contribution < -0.4 is 10.1 Å². The molecule has 1 saturated heterocycles. The molecular weight excluding hydrogens is 209 g/mol. The molecule has 1 aliphatic heterocycles. The summed E-state index contributed by atoms with van der Waals surface area (Å²) >= 11 is 0. The van der Waals surface area contributed by atoms with Gasteiger partial charge in [0.1, 0.15) is 11.6 Å². The molecule has 1 N–H and O–H groups in total. The lowest BCUT2D eigenvalue weighted by Gasteiger charge is -2.25. The molecule has 1 aliphatic rings. The number of morpholine rings is 1. The number of methoxy groups -OCH3 is 1. The summed E-state index contributed by atoms with van der Waals surface area (Å²) in [6.45, 7) is 3.68. The molecule has 4 heteroatoms. The monoisotopic (exact) mass is 225 g/mol. The van der Waals surface area contributed by atoms with Gasteiger partial charge in [-0.2, -0.15) is 0 Å². The van der Waals surface area contributed by atoms with Gasteiger partial charge < -0.3 is 14.8 Å². The molecule has 16 heavy (non-hydrogen) atoms. The SMILES string of the molecule is COc1cc(C)c(F)c(C2COCCN2)c1. The second-order valence-electron chi connectivity index (χ2n) is 3.93. The number of rotatable bonds is 2. The summed E-state index contributed by atoms with van der Waals surface area (Å²) in [5, 5.41) is 3.23. The largest absolute Gasteiger partial charge is 0.497 e. The van der Waals surface area contributed by atoms with E-state index in [0.29, 0.717) is 30.1 Å². The number of nitrogens with one attached hydrogen (secondary N) is 1. The van der Waals surface area contributed by atoms with Crippen LogP contribution in [-0.2, 0) is 4.74 Å². The summed E-state index contributed by atoms with van der Waals surface area (Å²) in [6.07, 6.45) is 0. The average molecular weight is 225 g/mol. The second-order valence-corrected chi connectivity index (χ2v) is 3.93. The van der Waals surface area contributed by atoms with Gasteiger partial charge in [-0.3, -0.25) is 0 Å². The van der Waals surface area contributed by atoms with Crippen molar-refractivity contribution in [3.63, 3.8) is 0 Å². The van der Waals surface area contributed by atoms with Gasteiger partial charge in [0.15, 0.2) is 0 Å². The van der Waals surface area contributed by atoms with E-state index in [4.69, 9.17) is 9.47 Å². The lowest BCUT2D eigenvalue weighted by molar-refractivity contribution is 0.0756. The predicted octanol–water partition coefficient (Wildman–Crippen LogP) is 1.80. The van der Waals surface area contributed by atoms with Crippen LogP contribution in [0.4, 0.5) is 4.39 Å². The van der Waals surface area contributed by atoms with E-state index in [0.717, 1.165) is 6.54 Å². The van der Waals surface area contributed by atoms with E-state index in [-0.39, 0.29) is 11.9 Å². The predicted molar refractivity (Wildman–Crippen MR) is 59.3 cm³/mol. The van der Waals surface area contributed by atoms with Crippen LogP contribution in [0.15, 0.2) is 12.1 Å². The third-order valence-corrected chi connectivity index (χ3v) is 2.79. The molecule has 0 radical (unpaired) electrons.